The van der Waals surface area contributed by atoms with Crippen molar-refractivity contribution in [1.29, 1.82) is 0 Å². The van der Waals surface area contributed by atoms with Gasteiger partial charge in [0.1, 0.15) is 110 Å². The van der Waals surface area contributed by atoms with E-state index in [0.29, 0.717) is 70.6 Å². The third-order valence-electron chi connectivity index (χ3n) is 25.8. The van der Waals surface area contributed by atoms with Crippen LogP contribution in [0.4, 0.5) is 0 Å². The number of rotatable bonds is 20. The summed E-state index contributed by atoms with van der Waals surface area (Å²) in [6.07, 6.45) is -39.5. The third-order valence-corrected chi connectivity index (χ3v) is 25.8. The van der Waals surface area contributed by atoms with Crippen LogP contribution < -0.4 is 0 Å². The van der Waals surface area contributed by atoms with Gasteiger partial charge in [0.2, 0.25) is 6.29 Å². The molecule has 5 aliphatic carbocycles. The molecule has 6 saturated heterocycles. The number of carbonyl (C=O) groups is 4. The molecule has 0 unspecified atom stereocenters. The lowest BCUT2D eigenvalue weighted by atomic mass is 9.33. The fraction of sp³-hybridized carbons (Fsp3) is 0.914. The van der Waals surface area contributed by atoms with Gasteiger partial charge in [-0.05, 0) is 124 Å². The number of hydrogen-bond donors (Lipinski definition) is 14. The van der Waals surface area contributed by atoms with Crippen molar-refractivity contribution in [3.05, 3.63) is 11.6 Å². The average Bonchev–Trinajstić information content (AvgIpc) is 0.776. The molecule has 0 radical (unpaired) electrons. The van der Waals surface area contributed by atoms with Gasteiger partial charge in [0.15, 0.2) is 49.8 Å². The Hall–Kier alpha value is -3.18. The van der Waals surface area contributed by atoms with Crippen LogP contribution in [0, 0.1) is 50.2 Å². The van der Waals surface area contributed by atoms with Crippen LogP contribution in [0.3, 0.4) is 0 Å². The first-order valence-electron chi connectivity index (χ1n) is 36.3. The van der Waals surface area contributed by atoms with E-state index in [1.165, 1.54) is 13.8 Å². The number of hydrogen-bond acceptors (Lipinski definition) is 32. The number of unbranched alkanes of at least 4 members (excludes halogenated alkanes) is 1. The molecule has 6 aliphatic heterocycles. The van der Waals surface area contributed by atoms with Gasteiger partial charge in [-0.15, -0.1) is 0 Å². The van der Waals surface area contributed by atoms with Gasteiger partial charge in [0, 0.05) is 6.92 Å². The molecule has 0 bridgehead atoms. The van der Waals surface area contributed by atoms with E-state index in [0.717, 1.165) is 18.8 Å². The second-order valence-electron chi connectivity index (χ2n) is 32.4. The molecule has 11 rings (SSSR count). The minimum absolute atomic E-state index is 0.0222. The molecule has 6 heterocycles. The van der Waals surface area contributed by atoms with Crippen molar-refractivity contribution >= 4 is 24.2 Å². The van der Waals surface area contributed by atoms with Gasteiger partial charge in [0.05, 0.1) is 55.6 Å². The fourth-order valence-electron chi connectivity index (χ4n) is 19.5. The van der Waals surface area contributed by atoms with E-state index < -0.39 is 249 Å². The standard InChI is InChI=1S/C70H110O32/c1-11-12-23-89-57(87)53-44(80)45(81)54(99-61-49(85)43(79)41(77)35(25-71)94-61)62(98-53)96-39-16-17-66(7)37(67(39,8)28-73)15-18-69(10)38(66)14-13-32-33-24-65(5,6)19-21-70(33,22-20-68(32,69)9)64(88)102-63-56(55(52(30(3)92-63)93-31(4)74)100-60-48(84)42(78)36(26-72)95-60)101-59-50(86)46(82)51(29(2)91-59)97-58-47(83)40(76)34(75)27-90-58/h13,28-30,33-56,58-63,71-72,75-86H,11-12,14-27H2,1-10H3/t29-,30+,33-,34+,35+,36-,37+,38+,39-,40-,41-,42-,43-,44-,45-,46-,47+,48+,49+,50+,51-,52-,53-,54+,55-,56+,58-,59-,60-,61-,62+,63-,66-,67-,68+,69+,70-/m0/s1. The predicted molar refractivity (Wildman–Crippen MR) is 342 cm³/mol. The first-order valence-corrected chi connectivity index (χ1v) is 36.3. The van der Waals surface area contributed by atoms with Gasteiger partial charge < -0.3 is 143 Å². The maximum absolute atomic E-state index is 16.1. The van der Waals surface area contributed by atoms with Crippen molar-refractivity contribution in [2.45, 2.75) is 324 Å². The Balaban J connectivity index is 0.879. The van der Waals surface area contributed by atoms with Crippen molar-refractivity contribution in [1.82, 2.24) is 0 Å². The SMILES string of the molecule is CCCCOC(=O)[C@H]1O[C@@H](O[C@H]2CC[C@]3(C)[C@H]4CC=C5[C@@H]6CC(C)(C)CC[C@]6(C(=O)O[C@@H]6O[C@H](C)[C@H](OC(C)=O)[C@H](O[C@@H]7O[C@@H](CO)[C@H](O)[C@H]7O)[C@H]6O[C@@H]6O[C@@H](C)[C@H](O[C@@H]7OC[C@@H](O)[C@H](O)[C@H]7O)[C@@H](O)[C@H]6O)CC[C@@]5(C)[C@]4(C)CC[C@H]3[C@]2(C)C=O)[C@H](O[C@@H]2O[C@H](CO)[C@H](O)[C@H](O)[C@H]2O)[C@@H](O)[C@@H]1O. The van der Waals surface area contributed by atoms with Crippen LogP contribution in [-0.4, -0.2) is 300 Å². The van der Waals surface area contributed by atoms with Crippen LogP contribution >= 0.6 is 0 Å². The summed E-state index contributed by atoms with van der Waals surface area (Å²) >= 11 is 0. The number of aldehydes is 1. The summed E-state index contributed by atoms with van der Waals surface area (Å²) in [4.78, 5) is 56.9. The van der Waals surface area contributed by atoms with Gasteiger partial charge >= 0.3 is 17.9 Å². The van der Waals surface area contributed by atoms with Gasteiger partial charge in [0.25, 0.3) is 0 Å². The van der Waals surface area contributed by atoms with Crippen LogP contribution in [0.5, 0.6) is 0 Å². The van der Waals surface area contributed by atoms with Gasteiger partial charge in [-0.3, -0.25) is 9.59 Å². The summed E-state index contributed by atoms with van der Waals surface area (Å²) in [7, 11) is 0. The molecule has 4 saturated carbocycles. The fourth-order valence-corrected chi connectivity index (χ4v) is 19.5. The lowest BCUT2D eigenvalue weighted by molar-refractivity contribution is -0.382. The van der Waals surface area contributed by atoms with Gasteiger partial charge in [-0.2, -0.15) is 0 Å². The lowest BCUT2D eigenvalue weighted by Crippen LogP contribution is -2.68. The molecule has 0 aromatic heterocycles. The van der Waals surface area contributed by atoms with E-state index in [1.807, 2.05) is 13.8 Å². The number of aliphatic hydroxyl groups is 14. The number of aliphatic hydroxyl groups excluding tert-OH is 14. The Morgan fingerprint density at radius 3 is 1.77 bits per heavy atom. The highest BCUT2D eigenvalue weighted by molar-refractivity contribution is 5.79. The van der Waals surface area contributed by atoms with Crippen LogP contribution in [-0.2, 0) is 85.5 Å². The second kappa shape index (κ2) is 30.7. The van der Waals surface area contributed by atoms with E-state index in [4.69, 9.17) is 66.3 Å². The molecule has 32 nitrogen and oxygen atoms in total. The van der Waals surface area contributed by atoms with E-state index in [-0.39, 0.29) is 30.3 Å². The zero-order chi connectivity index (χ0) is 74.4. The molecule has 0 spiro atoms. The highest BCUT2D eigenvalue weighted by Gasteiger charge is 2.71. The van der Waals surface area contributed by atoms with Crippen LogP contribution in [0.25, 0.3) is 0 Å². The lowest BCUT2D eigenvalue weighted by Gasteiger charge is -2.71. The normalized spacial score (nSPS) is 51.5. The maximum Gasteiger partial charge on any atom is 0.338 e. The van der Waals surface area contributed by atoms with Crippen molar-refractivity contribution < 1.29 is 157 Å². The van der Waals surface area contributed by atoms with E-state index in [1.54, 1.807) is 0 Å². The molecule has 0 aromatic carbocycles. The van der Waals surface area contributed by atoms with Crippen LogP contribution in [0.1, 0.15) is 146 Å². The molecule has 0 amide bonds. The quantitative estimate of drug-likeness (QED) is 0.0157. The first kappa shape index (κ1) is 79.9. The molecule has 11 aliphatic rings. The largest absolute Gasteiger partial charge is 0.464 e. The highest BCUT2D eigenvalue weighted by Crippen LogP contribution is 2.76. The maximum atomic E-state index is 16.1. The van der Waals surface area contributed by atoms with Crippen molar-refractivity contribution in [2.24, 2.45) is 50.2 Å². The second-order valence-corrected chi connectivity index (χ2v) is 32.4. The third kappa shape index (κ3) is 14.1. The molecule has 32 heteroatoms. The highest BCUT2D eigenvalue weighted by atomic mass is 16.8. The average molecular weight is 1460 g/mol. The Morgan fingerprint density at radius 2 is 1.13 bits per heavy atom. The first-order chi connectivity index (χ1) is 48.0. The number of fused-ring (bicyclic) bond motifs is 7. The minimum Gasteiger partial charge on any atom is -0.464 e. The van der Waals surface area contributed by atoms with E-state index in [2.05, 4.69) is 40.7 Å². The Kier molecular flexibility index (Phi) is 24.0. The summed E-state index contributed by atoms with van der Waals surface area (Å²) in [5.41, 5.74) is -3.31. The topological polar surface area (TPSA) is 481 Å². The number of esters is 3. The molecular weight excluding hydrogens is 1350 g/mol. The molecule has 582 valence electrons. The van der Waals surface area contributed by atoms with Gasteiger partial charge in [-0.1, -0.05) is 66.5 Å². The predicted octanol–water partition coefficient (Wildman–Crippen LogP) is -1.95. The van der Waals surface area contributed by atoms with Crippen molar-refractivity contribution in [3.63, 3.8) is 0 Å². The summed E-state index contributed by atoms with van der Waals surface area (Å²) in [5.74, 6) is -3.36. The molecule has 0 aromatic rings. The summed E-state index contributed by atoms with van der Waals surface area (Å²) in [6, 6.07) is 0. The van der Waals surface area contributed by atoms with E-state index in [9.17, 15) is 85.9 Å². The Morgan fingerprint density at radius 1 is 0.559 bits per heavy atom. The Bertz CT molecular complexity index is 2960. The molecule has 37 atom stereocenters. The molecule has 10 fully saturated rings. The number of carbonyl (C=O) groups excluding carboxylic acids is 4. The van der Waals surface area contributed by atoms with Crippen LogP contribution in [0.15, 0.2) is 11.6 Å². The molecule has 14 N–H and O–H groups in total. The molecule has 102 heavy (non-hydrogen) atoms. The summed E-state index contributed by atoms with van der Waals surface area (Å²) in [6.45, 7) is 16.8. The zero-order valence-corrected chi connectivity index (χ0v) is 59.6. The van der Waals surface area contributed by atoms with Crippen LogP contribution in [0.2, 0.25) is 0 Å². The summed E-state index contributed by atoms with van der Waals surface area (Å²) < 4.78 is 85.5. The van der Waals surface area contributed by atoms with Gasteiger partial charge in [-0.25, -0.2) is 4.79 Å². The minimum atomic E-state index is -2.02. The van der Waals surface area contributed by atoms with Crippen molar-refractivity contribution in [2.75, 3.05) is 26.4 Å². The number of allylic oxidation sites excluding steroid dienone is 2. The zero-order valence-electron chi connectivity index (χ0n) is 59.6. The van der Waals surface area contributed by atoms with Crippen molar-refractivity contribution in [3.8, 4) is 0 Å². The smallest absolute Gasteiger partial charge is 0.338 e. The Labute approximate surface area is 592 Å². The summed E-state index contributed by atoms with van der Waals surface area (Å²) in [5, 5.41) is 153. The monoisotopic (exact) mass is 1460 g/mol. The molecular formula is C70H110O32. The number of ether oxygens (including phenoxy) is 14. The van der Waals surface area contributed by atoms with E-state index >= 15 is 4.79 Å².